The average molecular weight is 799 g/mol. The number of nitrogens with zero attached hydrogens (tertiary/aromatic N) is 3. The van der Waals surface area contributed by atoms with Gasteiger partial charge in [0.15, 0.2) is 6.10 Å². The zero-order valence-corrected chi connectivity index (χ0v) is 34.5. The van der Waals surface area contributed by atoms with E-state index in [2.05, 4.69) is 10.2 Å². The molecule has 2 aliphatic rings. The summed E-state index contributed by atoms with van der Waals surface area (Å²) < 4.78 is 52.3. The predicted molar refractivity (Wildman–Crippen MR) is 197 cm³/mol. The van der Waals surface area contributed by atoms with Gasteiger partial charge in [0.2, 0.25) is 5.91 Å². The molecular formula is C36H44ClN4NaO9S2. The van der Waals surface area contributed by atoms with Gasteiger partial charge in [-0.05, 0) is 48.2 Å². The number of rotatable bonds is 17. The van der Waals surface area contributed by atoms with E-state index >= 15 is 0 Å². The number of aromatic nitrogens is 1. The van der Waals surface area contributed by atoms with Crippen LogP contribution in [0.1, 0.15) is 60.0 Å². The van der Waals surface area contributed by atoms with E-state index in [9.17, 15) is 27.4 Å². The molecule has 1 fully saturated rings. The average Bonchev–Trinajstić information content (AvgIpc) is 3.12. The maximum absolute atomic E-state index is 13.5. The molecule has 13 nitrogen and oxygen atoms in total. The van der Waals surface area contributed by atoms with Crippen molar-refractivity contribution in [2.24, 2.45) is 0 Å². The molecule has 0 radical (unpaired) electrons. The van der Waals surface area contributed by atoms with Crippen LogP contribution in [0.2, 0.25) is 5.02 Å². The minimum Gasteiger partial charge on any atom is -0.748 e. The van der Waals surface area contributed by atoms with Crippen LogP contribution >= 0.6 is 23.8 Å². The first kappa shape index (κ1) is 43.1. The van der Waals surface area contributed by atoms with Gasteiger partial charge in [0.05, 0.1) is 51.2 Å². The van der Waals surface area contributed by atoms with Crippen molar-refractivity contribution in [3.63, 3.8) is 0 Å². The molecule has 5 rings (SSSR count). The Hall–Kier alpha value is -2.60. The van der Waals surface area contributed by atoms with Crippen LogP contribution in [-0.4, -0.2) is 103 Å². The van der Waals surface area contributed by atoms with E-state index in [1.165, 1.54) is 11.9 Å². The molecule has 53 heavy (non-hydrogen) atoms. The summed E-state index contributed by atoms with van der Waals surface area (Å²) in [7, 11) is -2.91. The second kappa shape index (κ2) is 20.4. The van der Waals surface area contributed by atoms with Gasteiger partial charge in [-0.15, -0.1) is 0 Å². The number of hydrogen-bond donors (Lipinski definition) is 1. The monoisotopic (exact) mass is 798 g/mol. The second-order valence-electron chi connectivity index (χ2n) is 13.1. The third-order valence-corrected chi connectivity index (χ3v) is 10.4. The van der Waals surface area contributed by atoms with Gasteiger partial charge in [0.25, 0.3) is 5.91 Å². The fourth-order valence-corrected chi connectivity index (χ4v) is 7.11. The summed E-state index contributed by atoms with van der Waals surface area (Å²) in [5.41, 5.74) is 3.04. The van der Waals surface area contributed by atoms with Crippen LogP contribution in [0.3, 0.4) is 0 Å². The van der Waals surface area contributed by atoms with E-state index in [4.69, 9.17) is 38.0 Å². The van der Waals surface area contributed by atoms with Gasteiger partial charge in [-0.2, -0.15) is 0 Å². The van der Waals surface area contributed by atoms with Gasteiger partial charge >= 0.3 is 35.5 Å². The molecule has 2 aliphatic heterocycles. The molecule has 0 saturated carbocycles. The predicted octanol–water partition coefficient (Wildman–Crippen LogP) is 1.44. The molecule has 1 saturated heterocycles. The van der Waals surface area contributed by atoms with Gasteiger partial charge in [-0.3, -0.25) is 19.3 Å². The maximum Gasteiger partial charge on any atom is 1.00 e. The van der Waals surface area contributed by atoms with Gasteiger partial charge in [0, 0.05) is 69.2 Å². The number of unbranched alkanes of at least 4 members (excludes halogenated alkanes) is 3. The van der Waals surface area contributed by atoms with E-state index in [0.29, 0.717) is 79.4 Å². The summed E-state index contributed by atoms with van der Waals surface area (Å²) in [6.07, 6.45) is 4.29. The Morgan fingerprint density at radius 2 is 1.75 bits per heavy atom. The summed E-state index contributed by atoms with van der Waals surface area (Å²) in [5.74, 6) is -0.884. The maximum atomic E-state index is 13.5. The van der Waals surface area contributed by atoms with Crippen molar-refractivity contribution in [3.05, 3.63) is 68.8 Å². The van der Waals surface area contributed by atoms with Crippen LogP contribution in [0.5, 0.6) is 5.75 Å². The zero-order chi connectivity index (χ0) is 37.3. The van der Waals surface area contributed by atoms with E-state index in [-0.39, 0.29) is 73.3 Å². The topological polar surface area (TPSA) is 160 Å². The summed E-state index contributed by atoms with van der Waals surface area (Å²) in [5, 5.41) is 4.33. The number of carbonyl (C=O) groups is 3. The summed E-state index contributed by atoms with van der Waals surface area (Å²) in [6.45, 7) is 4.12. The van der Waals surface area contributed by atoms with Crippen molar-refractivity contribution in [2.45, 2.75) is 64.3 Å². The number of morpholine rings is 1. The van der Waals surface area contributed by atoms with Crippen molar-refractivity contribution < 1.29 is 71.1 Å². The van der Waals surface area contributed by atoms with E-state index < -0.39 is 22.0 Å². The van der Waals surface area contributed by atoms with E-state index in [0.717, 1.165) is 35.1 Å². The normalized spacial score (nSPS) is 15.6. The number of pyridine rings is 1. The molecule has 3 aromatic rings. The third-order valence-electron chi connectivity index (χ3n) is 9.07. The van der Waals surface area contributed by atoms with Gasteiger partial charge in [-0.25, -0.2) is 8.42 Å². The van der Waals surface area contributed by atoms with Crippen molar-refractivity contribution >= 4 is 62.6 Å². The van der Waals surface area contributed by atoms with E-state index in [1.54, 1.807) is 18.3 Å². The van der Waals surface area contributed by atoms with E-state index in [1.807, 2.05) is 28.8 Å². The Morgan fingerprint density at radius 1 is 1.06 bits per heavy atom. The van der Waals surface area contributed by atoms with Gasteiger partial charge in [-0.1, -0.05) is 48.8 Å². The zero-order valence-electron chi connectivity index (χ0n) is 30.1. The largest absolute Gasteiger partial charge is 1.00 e. The Morgan fingerprint density at radius 3 is 2.45 bits per heavy atom. The first-order valence-electron chi connectivity index (χ1n) is 17.4. The quantitative estimate of drug-likeness (QED) is 0.0693. The Bertz CT molecular complexity index is 1920. The van der Waals surface area contributed by atoms with Crippen molar-refractivity contribution in [1.82, 2.24) is 19.7 Å². The molecule has 3 heterocycles. The van der Waals surface area contributed by atoms with Crippen LogP contribution in [0.4, 0.5) is 0 Å². The van der Waals surface area contributed by atoms with Crippen molar-refractivity contribution in [3.8, 4) is 5.75 Å². The summed E-state index contributed by atoms with van der Waals surface area (Å²) >= 11 is 11.9. The van der Waals surface area contributed by atoms with Crippen molar-refractivity contribution in [1.29, 1.82) is 0 Å². The number of ether oxygens (including phenoxy) is 3. The fourth-order valence-electron chi connectivity index (χ4n) is 6.19. The second-order valence-corrected chi connectivity index (χ2v) is 15.5. The van der Waals surface area contributed by atoms with Crippen LogP contribution in [-0.2, 0) is 48.8 Å². The standard InChI is InChI=1S/C36H45ClN4O9S2.Na/c1-39(14-17-52(45,46)47)32(42)6-4-2-3-5-7-33(43)49-24-28-22-41-23-30(36(44)38-20-25-8-10-27(37)11-9-25)35(51)29-18-26(19-31(50-28)34(29)41)21-40-12-15-48-16-13-40;/h8-11,18-19,23,28H,2-7,12-17,20-22,24H2,1H3,(H,38,44)(H,45,46,47);/q;+1/p-1. The summed E-state index contributed by atoms with van der Waals surface area (Å²) in [4.78, 5) is 41.9. The molecule has 1 atom stereocenters. The number of halogens is 1. The number of carbonyl (C=O) groups excluding carboxylic acids is 3. The van der Waals surface area contributed by atoms with Crippen LogP contribution in [0, 0.1) is 4.51 Å². The third kappa shape index (κ3) is 13.0. The molecule has 0 bridgehead atoms. The number of nitrogens with one attached hydrogen (secondary N) is 1. The SMILES string of the molecule is CN(CCS(=O)(=O)[O-])C(=O)CCCCCCC(=O)OCC1Cn2cc(C(=O)NCc3ccc(Cl)cc3)c(=S)c3cc(CN4CCOCC4)cc(c32)O1.[Na+]. The smallest absolute Gasteiger partial charge is 0.748 e. The summed E-state index contributed by atoms with van der Waals surface area (Å²) in [6, 6.07) is 11.3. The molecule has 1 N–H and O–H groups in total. The number of esters is 1. The first-order chi connectivity index (χ1) is 24.9. The molecular weight excluding hydrogens is 755 g/mol. The molecule has 0 aliphatic carbocycles. The fraction of sp³-hybridized carbons (Fsp3) is 0.500. The Labute approximate surface area is 342 Å². The molecule has 2 aromatic carbocycles. The van der Waals surface area contributed by atoms with Crippen LogP contribution in [0.25, 0.3) is 10.9 Å². The first-order valence-corrected chi connectivity index (χ1v) is 19.8. The Kier molecular flexibility index (Phi) is 16.6. The Balaban J connectivity index is 0.00000627. The molecule has 17 heteroatoms. The number of hydrogen-bond acceptors (Lipinski definition) is 11. The van der Waals surface area contributed by atoms with Gasteiger partial charge in [0.1, 0.15) is 12.4 Å². The van der Waals surface area contributed by atoms with Crippen molar-refractivity contribution in [2.75, 3.05) is 52.3 Å². The molecule has 0 spiro atoms. The molecule has 1 aromatic heterocycles. The molecule has 282 valence electrons. The van der Waals surface area contributed by atoms with Crippen LogP contribution < -0.4 is 39.6 Å². The molecule has 2 amide bonds. The minimum atomic E-state index is -4.38. The molecule has 1 unspecified atom stereocenters. The number of benzene rings is 2. The van der Waals surface area contributed by atoms with Gasteiger partial charge < -0.3 is 33.5 Å². The minimum absolute atomic E-state index is 0. The van der Waals surface area contributed by atoms with Crippen LogP contribution in [0.15, 0.2) is 42.6 Å². The number of amides is 2.